The molecule has 2 aromatic carbocycles. The maximum Gasteiger partial charge on any atom is 0.249 e. The third-order valence-corrected chi connectivity index (χ3v) is 3.60. The number of benzene rings is 2. The van der Waals surface area contributed by atoms with Crippen molar-refractivity contribution in [3.05, 3.63) is 59.2 Å². The van der Waals surface area contributed by atoms with Crippen molar-refractivity contribution in [1.82, 2.24) is 15.2 Å². The molecule has 0 unspecified atom stereocenters. The van der Waals surface area contributed by atoms with Gasteiger partial charge >= 0.3 is 0 Å². The van der Waals surface area contributed by atoms with E-state index in [1.54, 1.807) is 13.3 Å². The molecule has 0 atom stereocenters. The van der Waals surface area contributed by atoms with Gasteiger partial charge in [-0.15, -0.1) is 5.10 Å². The monoisotopic (exact) mass is 341 g/mol. The van der Waals surface area contributed by atoms with Gasteiger partial charge in [0.15, 0.2) is 5.82 Å². The van der Waals surface area contributed by atoms with Crippen molar-refractivity contribution in [2.45, 2.75) is 6.92 Å². The molecule has 0 aliphatic heterocycles. The summed E-state index contributed by atoms with van der Waals surface area (Å²) in [7, 11) is 1.63. The van der Waals surface area contributed by atoms with E-state index >= 15 is 0 Å². The molecular formula is C17H16ClN5O. The number of anilines is 4. The zero-order valence-electron chi connectivity index (χ0n) is 13.2. The maximum absolute atomic E-state index is 6.04. The third-order valence-electron chi connectivity index (χ3n) is 3.37. The minimum atomic E-state index is 0.393. The van der Waals surface area contributed by atoms with Crippen molar-refractivity contribution in [3.63, 3.8) is 0 Å². The minimum absolute atomic E-state index is 0.393. The van der Waals surface area contributed by atoms with Crippen LogP contribution >= 0.6 is 11.6 Å². The molecule has 0 aliphatic carbocycles. The van der Waals surface area contributed by atoms with Gasteiger partial charge in [-0.3, -0.25) is 0 Å². The predicted octanol–water partition coefficient (Wildman–Crippen LogP) is 4.33. The van der Waals surface area contributed by atoms with Gasteiger partial charge in [-0.1, -0.05) is 17.7 Å². The number of hydrogen-bond donors (Lipinski definition) is 2. The second-order valence-corrected chi connectivity index (χ2v) is 5.54. The molecule has 2 N–H and O–H groups in total. The molecule has 6 nitrogen and oxygen atoms in total. The number of nitrogens with one attached hydrogen (secondary N) is 2. The lowest BCUT2D eigenvalue weighted by molar-refractivity contribution is 0.415. The van der Waals surface area contributed by atoms with Crippen LogP contribution in [-0.2, 0) is 0 Å². The second-order valence-electron chi connectivity index (χ2n) is 5.10. The quantitative estimate of drug-likeness (QED) is 0.719. The van der Waals surface area contributed by atoms with Crippen LogP contribution in [0.5, 0.6) is 5.75 Å². The maximum atomic E-state index is 6.04. The lowest BCUT2D eigenvalue weighted by Crippen LogP contribution is -2.03. The Labute approximate surface area is 144 Å². The first-order valence-electron chi connectivity index (χ1n) is 7.28. The Hall–Kier alpha value is -2.86. The van der Waals surface area contributed by atoms with Gasteiger partial charge in [-0.05, 0) is 48.9 Å². The third kappa shape index (κ3) is 3.91. The minimum Gasteiger partial charge on any atom is -0.497 e. The Bertz CT molecular complexity index is 839. The smallest absolute Gasteiger partial charge is 0.249 e. The fraction of sp³-hybridized carbons (Fsp3) is 0.118. The van der Waals surface area contributed by atoms with Gasteiger partial charge in [0.05, 0.1) is 13.3 Å². The number of halogens is 1. The Balaban J connectivity index is 1.77. The lowest BCUT2D eigenvalue weighted by atomic mass is 10.2. The van der Waals surface area contributed by atoms with Crippen LogP contribution in [0, 0.1) is 6.92 Å². The molecule has 1 aromatic heterocycles. The lowest BCUT2D eigenvalue weighted by Gasteiger charge is -2.10. The fourth-order valence-electron chi connectivity index (χ4n) is 2.09. The summed E-state index contributed by atoms with van der Waals surface area (Å²) in [4.78, 5) is 4.41. The van der Waals surface area contributed by atoms with Crippen LogP contribution in [0.25, 0.3) is 0 Å². The molecule has 0 bridgehead atoms. The number of hydrogen-bond acceptors (Lipinski definition) is 6. The molecule has 0 spiro atoms. The molecule has 1 heterocycles. The molecule has 0 saturated heterocycles. The van der Waals surface area contributed by atoms with Crippen LogP contribution in [0.2, 0.25) is 5.02 Å². The Morgan fingerprint density at radius 3 is 2.58 bits per heavy atom. The first-order valence-corrected chi connectivity index (χ1v) is 7.66. The van der Waals surface area contributed by atoms with E-state index in [1.807, 2.05) is 49.4 Å². The highest BCUT2D eigenvalue weighted by molar-refractivity contribution is 6.30. The standard InChI is InChI=1S/C17H16ClN5O/c1-11-3-4-12(18)9-15(11)21-16-10-19-23-17(22-16)20-13-5-7-14(24-2)8-6-13/h3-10H,1-2H3,(H2,20,21,22,23). The van der Waals surface area contributed by atoms with Gasteiger partial charge in [0.25, 0.3) is 0 Å². The summed E-state index contributed by atoms with van der Waals surface area (Å²) in [5.74, 6) is 1.75. The van der Waals surface area contributed by atoms with Crippen molar-refractivity contribution in [2.24, 2.45) is 0 Å². The van der Waals surface area contributed by atoms with Crippen molar-refractivity contribution < 1.29 is 4.74 Å². The van der Waals surface area contributed by atoms with Gasteiger partial charge < -0.3 is 15.4 Å². The summed E-state index contributed by atoms with van der Waals surface area (Å²) in [6, 6.07) is 13.1. The van der Waals surface area contributed by atoms with E-state index in [4.69, 9.17) is 16.3 Å². The number of ether oxygens (including phenoxy) is 1. The number of aryl methyl sites for hydroxylation is 1. The van der Waals surface area contributed by atoms with Gasteiger partial charge in [-0.2, -0.15) is 10.1 Å². The number of aromatic nitrogens is 3. The molecule has 3 rings (SSSR count). The van der Waals surface area contributed by atoms with Gasteiger partial charge in [0, 0.05) is 16.4 Å². The molecule has 0 amide bonds. The van der Waals surface area contributed by atoms with E-state index in [2.05, 4.69) is 25.8 Å². The first kappa shape index (κ1) is 16.0. The van der Waals surface area contributed by atoms with E-state index in [9.17, 15) is 0 Å². The molecule has 0 fully saturated rings. The number of rotatable bonds is 5. The molecule has 7 heteroatoms. The number of nitrogens with zero attached hydrogens (tertiary/aromatic N) is 3. The average molecular weight is 342 g/mol. The molecule has 3 aromatic rings. The molecule has 0 saturated carbocycles. The molecular weight excluding hydrogens is 326 g/mol. The fourth-order valence-corrected chi connectivity index (χ4v) is 2.26. The van der Waals surface area contributed by atoms with Gasteiger partial charge in [-0.25, -0.2) is 0 Å². The summed E-state index contributed by atoms with van der Waals surface area (Å²) in [5, 5.41) is 14.9. The zero-order chi connectivity index (χ0) is 16.9. The average Bonchev–Trinajstić information content (AvgIpc) is 2.59. The largest absolute Gasteiger partial charge is 0.497 e. The molecule has 0 radical (unpaired) electrons. The van der Waals surface area contributed by atoms with Crippen LogP contribution in [-0.4, -0.2) is 22.3 Å². The van der Waals surface area contributed by atoms with E-state index in [0.717, 1.165) is 22.7 Å². The summed E-state index contributed by atoms with van der Waals surface area (Å²) in [6.07, 6.45) is 1.56. The van der Waals surface area contributed by atoms with Crippen molar-refractivity contribution in [2.75, 3.05) is 17.7 Å². The van der Waals surface area contributed by atoms with E-state index < -0.39 is 0 Å². The highest BCUT2D eigenvalue weighted by atomic mass is 35.5. The topological polar surface area (TPSA) is 72.0 Å². The summed E-state index contributed by atoms with van der Waals surface area (Å²) in [5.41, 5.74) is 2.77. The van der Waals surface area contributed by atoms with Crippen molar-refractivity contribution in [3.8, 4) is 5.75 Å². The van der Waals surface area contributed by atoms with E-state index in [1.165, 1.54) is 0 Å². The summed E-state index contributed by atoms with van der Waals surface area (Å²) in [6.45, 7) is 1.99. The second kappa shape index (κ2) is 7.14. The number of methoxy groups -OCH3 is 1. The molecule has 0 aliphatic rings. The van der Waals surface area contributed by atoms with Gasteiger partial charge in [0.1, 0.15) is 5.75 Å². The van der Waals surface area contributed by atoms with Crippen molar-refractivity contribution in [1.29, 1.82) is 0 Å². The van der Waals surface area contributed by atoms with Crippen molar-refractivity contribution >= 4 is 34.7 Å². The molecule has 122 valence electrons. The predicted molar refractivity (Wildman–Crippen MR) is 95.6 cm³/mol. The van der Waals surface area contributed by atoms with Crippen LogP contribution in [0.1, 0.15) is 5.56 Å². The zero-order valence-corrected chi connectivity index (χ0v) is 14.0. The highest BCUT2D eigenvalue weighted by Gasteiger charge is 2.05. The van der Waals surface area contributed by atoms with Crippen LogP contribution < -0.4 is 15.4 Å². The Morgan fingerprint density at radius 1 is 1.04 bits per heavy atom. The Kier molecular flexibility index (Phi) is 4.77. The van der Waals surface area contributed by atoms with Crippen LogP contribution in [0.4, 0.5) is 23.1 Å². The molecule has 24 heavy (non-hydrogen) atoms. The van der Waals surface area contributed by atoms with Crippen LogP contribution in [0.15, 0.2) is 48.7 Å². The summed E-state index contributed by atoms with van der Waals surface area (Å²) >= 11 is 6.04. The first-order chi connectivity index (χ1) is 11.6. The SMILES string of the molecule is COc1ccc(Nc2nncc(Nc3cc(Cl)ccc3C)n2)cc1. The normalized spacial score (nSPS) is 10.3. The van der Waals surface area contributed by atoms with Crippen LogP contribution in [0.3, 0.4) is 0 Å². The highest BCUT2D eigenvalue weighted by Crippen LogP contribution is 2.24. The summed E-state index contributed by atoms with van der Waals surface area (Å²) < 4.78 is 5.13. The van der Waals surface area contributed by atoms with Gasteiger partial charge in [0.2, 0.25) is 5.95 Å². The Morgan fingerprint density at radius 2 is 1.83 bits per heavy atom. The van der Waals surface area contributed by atoms with E-state index in [-0.39, 0.29) is 0 Å². The van der Waals surface area contributed by atoms with E-state index in [0.29, 0.717) is 16.8 Å².